The van der Waals surface area contributed by atoms with Crippen molar-refractivity contribution in [1.82, 2.24) is 10.4 Å². The molecular formula is C18H17N5O6. The van der Waals surface area contributed by atoms with Crippen LogP contribution in [0.1, 0.15) is 12.1 Å². The zero-order valence-corrected chi connectivity index (χ0v) is 15.6. The number of amidine groups is 1. The van der Waals surface area contributed by atoms with E-state index in [4.69, 9.17) is 0 Å². The Morgan fingerprint density at radius 1 is 1.14 bits per heavy atom. The number of aliphatic imine (C=N–C) groups is 1. The second-order valence-electron chi connectivity index (χ2n) is 5.36. The smallest absolute Gasteiger partial charge is 0.354 e. The van der Waals surface area contributed by atoms with Gasteiger partial charge in [-0.15, -0.1) is 0 Å². The second kappa shape index (κ2) is 10.3. The van der Waals surface area contributed by atoms with Crippen LogP contribution in [0.15, 0.2) is 58.8 Å². The standard InChI is InChI=1S/C18H17N5O6/c1-28-16(24)11-15(18(25)29-2)21-22-17(14-5-3-4-10-19-14)20-12-6-8-13(9-7-12)23(26)27/h3-10H,11H2,1-2H3,(H,20,22)/b21-15-. The van der Waals surface area contributed by atoms with Crippen molar-refractivity contribution in [1.29, 1.82) is 0 Å². The molecule has 0 radical (unpaired) electrons. The highest BCUT2D eigenvalue weighted by Crippen LogP contribution is 2.18. The number of nitrogens with zero attached hydrogens (tertiary/aromatic N) is 4. The normalized spacial score (nSPS) is 11.5. The molecule has 0 aliphatic carbocycles. The lowest BCUT2D eigenvalue weighted by atomic mass is 10.2. The van der Waals surface area contributed by atoms with Gasteiger partial charge in [-0.25, -0.2) is 9.79 Å². The fourth-order valence-corrected chi connectivity index (χ4v) is 2.02. The van der Waals surface area contributed by atoms with Crippen molar-refractivity contribution >= 4 is 34.9 Å². The molecule has 1 aromatic heterocycles. The van der Waals surface area contributed by atoms with E-state index in [1.165, 1.54) is 37.6 Å². The molecule has 0 bridgehead atoms. The molecule has 0 aliphatic rings. The Bertz CT molecular complexity index is 941. The van der Waals surface area contributed by atoms with Gasteiger partial charge in [-0.2, -0.15) is 5.10 Å². The third kappa shape index (κ3) is 6.20. The highest BCUT2D eigenvalue weighted by atomic mass is 16.6. The van der Waals surface area contributed by atoms with Crippen LogP contribution in [0.4, 0.5) is 11.4 Å². The Balaban J connectivity index is 2.38. The van der Waals surface area contributed by atoms with E-state index in [0.717, 1.165) is 7.11 Å². The van der Waals surface area contributed by atoms with Gasteiger partial charge in [-0.05, 0) is 24.3 Å². The van der Waals surface area contributed by atoms with E-state index < -0.39 is 23.3 Å². The van der Waals surface area contributed by atoms with Crippen molar-refractivity contribution in [3.8, 4) is 0 Å². The molecular weight excluding hydrogens is 382 g/mol. The van der Waals surface area contributed by atoms with Crippen LogP contribution < -0.4 is 5.43 Å². The molecule has 29 heavy (non-hydrogen) atoms. The maximum atomic E-state index is 11.9. The Labute approximate surface area is 165 Å². The summed E-state index contributed by atoms with van der Waals surface area (Å²) in [6.45, 7) is 0. The first-order valence-corrected chi connectivity index (χ1v) is 8.17. The first kappa shape index (κ1) is 21.2. The minimum absolute atomic E-state index is 0.0830. The van der Waals surface area contributed by atoms with E-state index in [9.17, 15) is 19.7 Å². The summed E-state index contributed by atoms with van der Waals surface area (Å²) in [6.07, 6.45) is 1.12. The number of carbonyl (C=O) groups excluding carboxylic acids is 2. The van der Waals surface area contributed by atoms with Crippen LogP contribution in [0, 0.1) is 10.1 Å². The number of rotatable bonds is 7. The van der Waals surface area contributed by atoms with Gasteiger partial charge in [0.1, 0.15) is 5.69 Å². The van der Waals surface area contributed by atoms with Crippen molar-refractivity contribution in [2.24, 2.45) is 10.1 Å². The third-order valence-electron chi connectivity index (χ3n) is 3.47. The molecule has 0 saturated heterocycles. The quantitative estimate of drug-likeness (QED) is 0.244. The van der Waals surface area contributed by atoms with Gasteiger partial charge in [0.05, 0.1) is 31.3 Å². The van der Waals surface area contributed by atoms with Crippen molar-refractivity contribution in [2.45, 2.75) is 6.42 Å². The summed E-state index contributed by atoms with van der Waals surface area (Å²) < 4.78 is 9.15. The number of hydrogen-bond acceptors (Lipinski definition) is 9. The van der Waals surface area contributed by atoms with Gasteiger partial charge in [0, 0.05) is 18.3 Å². The minimum atomic E-state index is -0.821. The molecule has 0 unspecified atom stereocenters. The van der Waals surface area contributed by atoms with Crippen LogP contribution in [0.3, 0.4) is 0 Å². The predicted molar refractivity (Wildman–Crippen MR) is 103 cm³/mol. The molecule has 0 fully saturated rings. The zero-order valence-electron chi connectivity index (χ0n) is 15.6. The highest BCUT2D eigenvalue weighted by Gasteiger charge is 2.18. The molecule has 1 heterocycles. The topological polar surface area (TPSA) is 145 Å². The molecule has 0 amide bonds. The number of hydrogen-bond donors (Lipinski definition) is 1. The maximum absolute atomic E-state index is 11.9. The molecule has 0 aliphatic heterocycles. The van der Waals surface area contributed by atoms with Crippen LogP contribution in [-0.4, -0.2) is 47.6 Å². The fraction of sp³-hybridized carbons (Fsp3) is 0.167. The summed E-state index contributed by atoms with van der Waals surface area (Å²) >= 11 is 0. The van der Waals surface area contributed by atoms with Crippen molar-refractivity contribution in [2.75, 3.05) is 14.2 Å². The van der Waals surface area contributed by atoms with E-state index in [1.807, 2.05) is 0 Å². The van der Waals surface area contributed by atoms with E-state index in [0.29, 0.717) is 11.4 Å². The molecule has 2 rings (SSSR count). The van der Waals surface area contributed by atoms with Gasteiger partial charge in [0.2, 0.25) is 0 Å². The summed E-state index contributed by atoms with van der Waals surface area (Å²) in [4.78, 5) is 42.1. The molecule has 0 spiro atoms. The van der Waals surface area contributed by atoms with E-state index in [-0.39, 0.29) is 17.2 Å². The molecule has 0 atom stereocenters. The largest absolute Gasteiger partial charge is 0.469 e. The molecule has 0 saturated carbocycles. The summed E-state index contributed by atoms with van der Waals surface area (Å²) in [5.41, 5.74) is 3.05. The predicted octanol–water partition coefficient (Wildman–Crippen LogP) is 1.75. The number of aromatic nitrogens is 1. The minimum Gasteiger partial charge on any atom is -0.469 e. The average Bonchev–Trinajstić information content (AvgIpc) is 2.75. The van der Waals surface area contributed by atoms with E-state index in [2.05, 4.69) is 30.0 Å². The Hall–Kier alpha value is -4.15. The zero-order chi connectivity index (χ0) is 21.2. The van der Waals surface area contributed by atoms with Crippen LogP contribution in [0.2, 0.25) is 0 Å². The van der Waals surface area contributed by atoms with Gasteiger partial charge in [-0.1, -0.05) is 6.07 Å². The van der Waals surface area contributed by atoms with Crippen LogP contribution in [0.5, 0.6) is 0 Å². The van der Waals surface area contributed by atoms with E-state index >= 15 is 0 Å². The molecule has 11 nitrogen and oxygen atoms in total. The lowest BCUT2D eigenvalue weighted by Crippen LogP contribution is -2.27. The number of esters is 2. The Kier molecular flexibility index (Phi) is 7.48. The Morgan fingerprint density at radius 2 is 1.86 bits per heavy atom. The van der Waals surface area contributed by atoms with Gasteiger partial charge in [0.15, 0.2) is 11.5 Å². The van der Waals surface area contributed by atoms with Crippen LogP contribution >= 0.6 is 0 Å². The number of carbonyl (C=O) groups is 2. The summed E-state index contributed by atoms with van der Waals surface area (Å²) in [7, 11) is 2.33. The molecule has 150 valence electrons. The van der Waals surface area contributed by atoms with Gasteiger partial charge >= 0.3 is 11.9 Å². The lowest BCUT2D eigenvalue weighted by Gasteiger charge is -2.08. The van der Waals surface area contributed by atoms with Crippen molar-refractivity contribution in [3.05, 3.63) is 64.5 Å². The maximum Gasteiger partial charge on any atom is 0.354 e. The number of nitrogens with one attached hydrogen (secondary N) is 1. The Morgan fingerprint density at radius 3 is 2.41 bits per heavy atom. The highest BCUT2D eigenvalue weighted by molar-refractivity contribution is 6.39. The second-order valence-corrected chi connectivity index (χ2v) is 5.36. The van der Waals surface area contributed by atoms with Crippen LogP contribution in [0.25, 0.3) is 0 Å². The fourth-order valence-electron chi connectivity index (χ4n) is 2.02. The number of non-ortho nitro benzene ring substituents is 1. The molecule has 11 heteroatoms. The summed E-state index contributed by atoms with van der Waals surface area (Å²) in [5.74, 6) is -1.35. The van der Waals surface area contributed by atoms with E-state index in [1.54, 1.807) is 18.2 Å². The molecule has 1 N–H and O–H groups in total. The molecule has 2 aromatic rings. The third-order valence-corrected chi connectivity index (χ3v) is 3.47. The van der Waals surface area contributed by atoms with Gasteiger partial charge in [0.25, 0.3) is 5.69 Å². The van der Waals surface area contributed by atoms with Gasteiger partial charge < -0.3 is 9.47 Å². The monoisotopic (exact) mass is 399 g/mol. The summed E-state index contributed by atoms with van der Waals surface area (Å²) in [6, 6.07) is 10.6. The van der Waals surface area contributed by atoms with Gasteiger partial charge in [-0.3, -0.25) is 25.3 Å². The lowest BCUT2D eigenvalue weighted by molar-refractivity contribution is -0.384. The number of nitro benzene ring substituents is 1. The number of benzene rings is 1. The van der Waals surface area contributed by atoms with Crippen molar-refractivity contribution in [3.63, 3.8) is 0 Å². The first-order chi connectivity index (χ1) is 13.9. The van der Waals surface area contributed by atoms with Crippen molar-refractivity contribution < 1.29 is 24.0 Å². The summed E-state index contributed by atoms with van der Waals surface area (Å²) in [5, 5.41) is 14.7. The SMILES string of the molecule is COC(=O)C/C(=N/NC(=Nc1ccc([N+](=O)[O-])cc1)c1ccccn1)C(=O)OC. The average molecular weight is 399 g/mol. The number of hydrazone groups is 1. The van der Waals surface area contributed by atoms with Crippen LogP contribution in [-0.2, 0) is 19.1 Å². The first-order valence-electron chi connectivity index (χ1n) is 8.17. The number of pyridine rings is 1. The number of methoxy groups -OCH3 is 2. The number of ether oxygens (including phenoxy) is 2. The molecule has 1 aromatic carbocycles. The number of nitro groups is 1.